The Bertz CT molecular complexity index is 1160. The molecule has 0 amide bonds. The highest BCUT2D eigenvalue weighted by Crippen LogP contribution is 2.26. The molecule has 27 heavy (non-hydrogen) atoms. The molecule has 9 nitrogen and oxygen atoms in total. The quantitative estimate of drug-likeness (QED) is 0.501. The van der Waals surface area contributed by atoms with E-state index in [1.165, 1.54) is 0 Å². The van der Waals surface area contributed by atoms with Crippen LogP contribution in [0.3, 0.4) is 0 Å². The maximum atomic E-state index is 9.52. The summed E-state index contributed by atoms with van der Waals surface area (Å²) in [5.41, 5.74) is 15.2. The monoisotopic (exact) mass is 358 g/mol. The summed E-state index contributed by atoms with van der Waals surface area (Å²) < 4.78 is 5.83. The maximum Gasteiger partial charge on any atom is 0.207 e. The van der Waals surface area contributed by atoms with E-state index in [0.29, 0.717) is 28.3 Å². The first kappa shape index (κ1) is 16.3. The molecule has 0 bridgehead atoms. The Balaban J connectivity index is 1.61. The van der Waals surface area contributed by atoms with Gasteiger partial charge in [-0.3, -0.25) is 0 Å². The zero-order valence-electron chi connectivity index (χ0n) is 14.0. The van der Waals surface area contributed by atoms with Crippen molar-refractivity contribution in [3.63, 3.8) is 0 Å². The second-order valence-corrected chi connectivity index (χ2v) is 5.79. The smallest absolute Gasteiger partial charge is 0.207 e. The average Bonchev–Trinajstić information content (AvgIpc) is 3.15. The van der Waals surface area contributed by atoms with E-state index in [1.807, 2.05) is 18.2 Å². The number of nitrogens with two attached hydrogens (primary N) is 2. The van der Waals surface area contributed by atoms with Crippen molar-refractivity contribution in [1.82, 2.24) is 25.4 Å². The van der Waals surface area contributed by atoms with Gasteiger partial charge in [-0.25, -0.2) is 9.97 Å². The Morgan fingerprint density at radius 3 is 2.67 bits per heavy atom. The number of anilines is 2. The second kappa shape index (κ2) is 6.61. The van der Waals surface area contributed by atoms with Crippen molar-refractivity contribution in [2.75, 3.05) is 11.5 Å². The number of nitrogens with zero attached hydrogens (tertiary/aromatic N) is 5. The van der Waals surface area contributed by atoms with Gasteiger partial charge in [0.15, 0.2) is 11.3 Å². The molecule has 0 aliphatic heterocycles. The van der Waals surface area contributed by atoms with E-state index in [2.05, 4.69) is 31.4 Å². The fourth-order valence-electron chi connectivity index (χ4n) is 2.65. The molecule has 0 aliphatic rings. The van der Waals surface area contributed by atoms with Crippen molar-refractivity contribution in [2.45, 2.75) is 6.61 Å². The van der Waals surface area contributed by atoms with Crippen molar-refractivity contribution < 1.29 is 4.74 Å². The van der Waals surface area contributed by atoms with Crippen LogP contribution in [-0.4, -0.2) is 25.4 Å². The van der Waals surface area contributed by atoms with E-state index in [-0.39, 0.29) is 12.4 Å². The van der Waals surface area contributed by atoms with Gasteiger partial charge in [-0.05, 0) is 23.8 Å². The molecule has 5 N–H and O–H groups in total. The third-order valence-corrected chi connectivity index (χ3v) is 4.01. The Hall–Kier alpha value is -4.19. The molecule has 0 saturated carbocycles. The predicted octanol–water partition coefficient (Wildman–Crippen LogP) is 2.03. The number of nitrogen functional groups attached to an aromatic ring is 2. The Morgan fingerprint density at radius 2 is 1.89 bits per heavy atom. The first-order chi connectivity index (χ1) is 13.1. The lowest BCUT2D eigenvalue weighted by Crippen LogP contribution is -2.01. The number of rotatable bonds is 4. The molecule has 4 aromatic rings. The van der Waals surface area contributed by atoms with E-state index in [4.69, 9.17) is 16.2 Å². The van der Waals surface area contributed by atoms with Crippen LogP contribution < -0.4 is 16.2 Å². The third-order valence-electron chi connectivity index (χ3n) is 4.01. The molecule has 1 aromatic carbocycles. The Morgan fingerprint density at radius 1 is 1.04 bits per heavy atom. The topological polar surface area (TPSA) is 152 Å². The van der Waals surface area contributed by atoms with Crippen LogP contribution in [0.5, 0.6) is 5.75 Å². The zero-order chi connectivity index (χ0) is 18.8. The lowest BCUT2D eigenvalue weighted by atomic mass is 10.0. The molecule has 3 aromatic heterocycles. The van der Waals surface area contributed by atoms with Gasteiger partial charge in [-0.15, -0.1) is 5.10 Å². The summed E-state index contributed by atoms with van der Waals surface area (Å²) in [5.74, 6) is 1.17. The van der Waals surface area contributed by atoms with Crippen molar-refractivity contribution in [2.24, 2.45) is 0 Å². The normalized spacial score (nSPS) is 10.6. The molecule has 0 spiro atoms. The molecule has 0 unspecified atom stereocenters. The summed E-state index contributed by atoms with van der Waals surface area (Å²) in [6.07, 6.45) is 1.67. The van der Waals surface area contributed by atoms with E-state index < -0.39 is 0 Å². The summed E-state index contributed by atoms with van der Waals surface area (Å²) in [6.45, 7) is 0.175. The number of aromatic nitrogens is 5. The van der Waals surface area contributed by atoms with E-state index in [9.17, 15) is 5.26 Å². The highest BCUT2D eigenvalue weighted by atomic mass is 16.5. The SMILES string of the molecule is N#Cc1cc(-c2ccc(N)nc2)ccc1COc1cc(N)nc2n[nH]nc12. The highest BCUT2D eigenvalue weighted by molar-refractivity contribution is 5.79. The standard InChI is InChI=1S/C18H14N8O/c19-7-13-5-10(11-3-4-15(20)22-8-11)1-2-12(13)9-27-14-6-16(21)23-18-17(14)24-26-25-18/h1-6,8H,9H2,(H2,20,22)(H3,21,23,24,25,26). The number of ether oxygens (including phenoxy) is 1. The van der Waals surface area contributed by atoms with Crippen LogP contribution in [0.1, 0.15) is 11.1 Å². The van der Waals surface area contributed by atoms with Crippen LogP contribution in [-0.2, 0) is 6.61 Å². The summed E-state index contributed by atoms with van der Waals surface area (Å²) >= 11 is 0. The molecule has 0 saturated heterocycles. The first-order valence-electron chi connectivity index (χ1n) is 7.99. The minimum absolute atomic E-state index is 0.175. The lowest BCUT2D eigenvalue weighted by Gasteiger charge is -2.10. The van der Waals surface area contributed by atoms with E-state index >= 15 is 0 Å². The number of benzene rings is 1. The second-order valence-electron chi connectivity index (χ2n) is 5.79. The van der Waals surface area contributed by atoms with Gasteiger partial charge >= 0.3 is 0 Å². The van der Waals surface area contributed by atoms with Gasteiger partial charge in [0, 0.05) is 23.4 Å². The molecule has 3 heterocycles. The van der Waals surface area contributed by atoms with E-state index in [1.54, 1.807) is 24.4 Å². The summed E-state index contributed by atoms with van der Waals surface area (Å²) in [7, 11) is 0. The number of hydrogen-bond donors (Lipinski definition) is 3. The summed E-state index contributed by atoms with van der Waals surface area (Å²) in [4.78, 5) is 8.14. The van der Waals surface area contributed by atoms with Gasteiger partial charge < -0.3 is 16.2 Å². The van der Waals surface area contributed by atoms with Crippen molar-refractivity contribution in [3.05, 3.63) is 53.7 Å². The van der Waals surface area contributed by atoms with Crippen LogP contribution in [0.2, 0.25) is 0 Å². The third kappa shape index (κ3) is 3.19. The highest BCUT2D eigenvalue weighted by Gasteiger charge is 2.12. The number of aromatic amines is 1. The number of hydrogen-bond acceptors (Lipinski definition) is 8. The Labute approximate surface area is 153 Å². The first-order valence-corrected chi connectivity index (χ1v) is 7.99. The van der Waals surface area contributed by atoms with Crippen molar-refractivity contribution in [3.8, 4) is 22.9 Å². The molecule has 4 rings (SSSR count). The van der Waals surface area contributed by atoms with Crippen molar-refractivity contribution in [1.29, 1.82) is 5.26 Å². The zero-order valence-corrected chi connectivity index (χ0v) is 14.0. The van der Waals surface area contributed by atoms with Gasteiger partial charge in [0.1, 0.15) is 18.2 Å². The number of fused-ring (bicyclic) bond motifs is 1. The van der Waals surface area contributed by atoms with Gasteiger partial charge in [0.2, 0.25) is 5.65 Å². The van der Waals surface area contributed by atoms with Crippen LogP contribution >= 0.6 is 0 Å². The number of nitriles is 1. The van der Waals surface area contributed by atoms with Crippen molar-refractivity contribution >= 4 is 22.8 Å². The lowest BCUT2D eigenvalue weighted by molar-refractivity contribution is 0.309. The summed E-state index contributed by atoms with van der Waals surface area (Å²) in [5, 5.41) is 19.9. The van der Waals surface area contributed by atoms with Crippen LogP contribution in [0.4, 0.5) is 11.6 Å². The predicted molar refractivity (Wildman–Crippen MR) is 99.2 cm³/mol. The Kier molecular flexibility index (Phi) is 3.99. The molecule has 0 radical (unpaired) electrons. The fraction of sp³-hybridized carbons (Fsp3) is 0.0556. The molecular weight excluding hydrogens is 344 g/mol. The maximum absolute atomic E-state index is 9.52. The largest absolute Gasteiger partial charge is 0.486 e. The van der Waals surface area contributed by atoms with E-state index in [0.717, 1.165) is 16.7 Å². The number of nitrogens with one attached hydrogen (secondary N) is 1. The number of H-pyrrole nitrogens is 1. The molecular formula is C18H14N8O. The molecule has 132 valence electrons. The fourth-order valence-corrected chi connectivity index (χ4v) is 2.65. The van der Waals surface area contributed by atoms with Crippen LogP contribution in [0.15, 0.2) is 42.6 Å². The van der Waals surface area contributed by atoms with Gasteiger partial charge in [-0.1, -0.05) is 12.1 Å². The minimum atomic E-state index is 0.175. The minimum Gasteiger partial charge on any atom is -0.486 e. The van der Waals surface area contributed by atoms with Gasteiger partial charge in [0.05, 0.1) is 11.6 Å². The number of pyridine rings is 2. The molecule has 9 heteroatoms. The average molecular weight is 358 g/mol. The van der Waals surface area contributed by atoms with Crippen LogP contribution in [0.25, 0.3) is 22.3 Å². The summed E-state index contributed by atoms with van der Waals surface area (Å²) in [6, 6.07) is 12.9. The van der Waals surface area contributed by atoms with Gasteiger partial charge in [0.25, 0.3) is 0 Å². The molecule has 0 atom stereocenters. The molecule has 0 fully saturated rings. The van der Waals surface area contributed by atoms with Gasteiger partial charge in [-0.2, -0.15) is 15.6 Å². The molecule has 0 aliphatic carbocycles. The van der Waals surface area contributed by atoms with Crippen LogP contribution in [0, 0.1) is 11.3 Å².